The molecule has 0 saturated heterocycles. The zero-order valence-electron chi connectivity index (χ0n) is 18.0. The minimum Gasteiger partial charge on any atom is -0.395 e. The van der Waals surface area contributed by atoms with Crippen LogP contribution in [0.15, 0.2) is 53.6 Å². The quantitative estimate of drug-likeness (QED) is 0.345. The first-order chi connectivity index (χ1) is 16.2. The Labute approximate surface area is 190 Å². The number of nitrogen functional groups attached to an aromatic ring is 1. The predicted molar refractivity (Wildman–Crippen MR) is 121 cm³/mol. The molecule has 0 spiro atoms. The summed E-state index contributed by atoms with van der Waals surface area (Å²) in [7, 11) is 0. The largest absolute Gasteiger partial charge is 0.395 e. The average Bonchev–Trinajstić information content (AvgIpc) is 3.30. The van der Waals surface area contributed by atoms with Crippen LogP contribution in [0.3, 0.4) is 0 Å². The molecule has 0 bridgehead atoms. The molecule has 0 radical (unpaired) electrons. The monoisotopic (exact) mass is 444 g/mol. The molecular weight excluding hydrogens is 420 g/mol. The van der Waals surface area contributed by atoms with Crippen LogP contribution in [0.4, 0.5) is 5.95 Å². The molecule has 10 nitrogen and oxygen atoms in total. The van der Waals surface area contributed by atoms with Crippen molar-refractivity contribution in [2.24, 2.45) is 0 Å². The molecule has 168 valence electrons. The second-order valence-electron chi connectivity index (χ2n) is 8.06. The van der Waals surface area contributed by atoms with E-state index in [-0.39, 0.29) is 18.0 Å². The summed E-state index contributed by atoms with van der Waals surface area (Å²) in [5, 5.41) is 16.2. The molecule has 0 amide bonds. The van der Waals surface area contributed by atoms with Crippen LogP contribution in [0.25, 0.3) is 22.7 Å². The highest BCUT2D eigenvalue weighted by molar-refractivity contribution is 5.63. The zero-order chi connectivity index (χ0) is 22.7. The molecule has 0 unspecified atom stereocenters. The standard InChI is InChI=1S/C23H24N8O2/c24-22-28-10-16(11-29-22)15-2-4-17(5-3-15)23(6-1-7-23)21-30-20(33-31-21)19-14-26-18(13-27-19)12-25-8-9-32/h2-5,10-11,13-14,25,32H,1,6-9,12H2,(H2,24,28,29). The van der Waals surface area contributed by atoms with Gasteiger partial charge in [0.2, 0.25) is 5.95 Å². The summed E-state index contributed by atoms with van der Waals surface area (Å²) in [4.78, 5) is 21.6. The average molecular weight is 444 g/mol. The number of aliphatic hydroxyl groups is 1. The Balaban J connectivity index is 1.36. The highest BCUT2D eigenvalue weighted by atomic mass is 16.5. The number of nitrogens with zero attached hydrogens (tertiary/aromatic N) is 6. The van der Waals surface area contributed by atoms with Gasteiger partial charge in [0.15, 0.2) is 5.82 Å². The number of aromatic nitrogens is 6. The number of aliphatic hydroxyl groups excluding tert-OH is 1. The van der Waals surface area contributed by atoms with Gasteiger partial charge >= 0.3 is 0 Å². The first kappa shape index (κ1) is 21.1. The molecule has 1 aromatic carbocycles. The van der Waals surface area contributed by atoms with E-state index in [2.05, 4.69) is 59.7 Å². The molecule has 5 rings (SSSR count). The van der Waals surface area contributed by atoms with Gasteiger partial charge in [-0.05, 0) is 24.0 Å². The first-order valence-electron chi connectivity index (χ1n) is 10.8. The van der Waals surface area contributed by atoms with E-state index in [0.29, 0.717) is 30.5 Å². The van der Waals surface area contributed by atoms with Crippen LogP contribution in [-0.2, 0) is 12.0 Å². The highest BCUT2D eigenvalue weighted by Crippen LogP contribution is 2.48. The summed E-state index contributed by atoms with van der Waals surface area (Å²) in [5.41, 5.74) is 9.71. The topological polar surface area (TPSA) is 149 Å². The number of hydrogen-bond acceptors (Lipinski definition) is 10. The summed E-state index contributed by atoms with van der Waals surface area (Å²) in [6.07, 6.45) is 9.75. The van der Waals surface area contributed by atoms with Crippen molar-refractivity contribution in [2.75, 3.05) is 18.9 Å². The third-order valence-corrected chi connectivity index (χ3v) is 6.02. The van der Waals surface area contributed by atoms with Gasteiger partial charge < -0.3 is 20.7 Å². The second-order valence-corrected chi connectivity index (χ2v) is 8.06. The lowest BCUT2D eigenvalue weighted by Crippen LogP contribution is -2.36. The zero-order valence-corrected chi connectivity index (χ0v) is 18.0. The van der Waals surface area contributed by atoms with Crippen molar-refractivity contribution in [1.82, 2.24) is 35.4 Å². The maximum Gasteiger partial charge on any atom is 0.278 e. The first-order valence-corrected chi connectivity index (χ1v) is 10.8. The van der Waals surface area contributed by atoms with Crippen LogP contribution in [0.2, 0.25) is 0 Å². The van der Waals surface area contributed by atoms with Crippen molar-refractivity contribution < 1.29 is 9.63 Å². The van der Waals surface area contributed by atoms with Gasteiger partial charge in [0.25, 0.3) is 5.89 Å². The van der Waals surface area contributed by atoms with Gasteiger partial charge in [0.05, 0.1) is 30.1 Å². The van der Waals surface area contributed by atoms with Gasteiger partial charge in [-0.3, -0.25) is 4.98 Å². The second kappa shape index (κ2) is 9.00. The smallest absolute Gasteiger partial charge is 0.278 e. The number of anilines is 1. The lowest BCUT2D eigenvalue weighted by Gasteiger charge is -2.39. The number of hydrogen-bond donors (Lipinski definition) is 3. The molecule has 1 fully saturated rings. The molecule has 4 N–H and O–H groups in total. The third kappa shape index (κ3) is 4.18. The summed E-state index contributed by atoms with van der Waals surface area (Å²) < 4.78 is 5.56. The van der Waals surface area contributed by atoms with Gasteiger partial charge in [-0.1, -0.05) is 35.8 Å². The van der Waals surface area contributed by atoms with Gasteiger partial charge in [-0.25, -0.2) is 15.0 Å². The van der Waals surface area contributed by atoms with Crippen molar-refractivity contribution in [1.29, 1.82) is 0 Å². The number of rotatable bonds is 8. The maximum absolute atomic E-state index is 8.85. The Hall–Kier alpha value is -3.76. The summed E-state index contributed by atoms with van der Waals surface area (Å²) in [6.45, 7) is 1.12. The van der Waals surface area contributed by atoms with E-state index >= 15 is 0 Å². The van der Waals surface area contributed by atoms with Crippen molar-refractivity contribution in [2.45, 2.75) is 31.2 Å². The fraction of sp³-hybridized carbons (Fsp3) is 0.304. The molecule has 4 aromatic rings. The Kier molecular flexibility index (Phi) is 5.76. The predicted octanol–water partition coefficient (Wildman–Crippen LogP) is 2.12. The van der Waals surface area contributed by atoms with E-state index in [1.165, 1.54) is 0 Å². The highest BCUT2D eigenvalue weighted by Gasteiger charge is 2.44. The summed E-state index contributed by atoms with van der Waals surface area (Å²) >= 11 is 0. The molecule has 0 aliphatic heterocycles. The van der Waals surface area contributed by atoms with E-state index in [0.717, 1.165) is 41.6 Å². The van der Waals surface area contributed by atoms with Crippen molar-refractivity contribution in [3.63, 3.8) is 0 Å². The SMILES string of the molecule is Nc1ncc(-c2ccc(C3(c4noc(-c5cnc(CNCCO)cn5)n4)CCC3)cc2)cn1. The van der Waals surface area contributed by atoms with Gasteiger partial charge in [-0.2, -0.15) is 4.98 Å². The minimum absolute atomic E-state index is 0.0799. The summed E-state index contributed by atoms with van der Waals surface area (Å²) in [5.74, 6) is 1.28. The number of nitrogens with one attached hydrogen (secondary N) is 1. The molecule has 1 saturated carbocycles. The van der Waals surface area contributed by atoms with E-state index in [9.17, 15) is 0 Å². The Morgan fingerprint density at radius 1 is 0.970 bits per heavy atom. The Morgan fingerprint density at radius 3 is 2.39 bits per heavy atom. The lowest BCUT2D eigenvalue weighted by atomic mass is 9.64. The fourth-order valence-electron chi connectivity index (χ4n) is 4.01. The molecule has 3 heterocycles. The van der Waals surface area contributed by atoms with Crippen molar-refractivity contribution in [3.8, 4) is 22.7 Å². The molecule has 0 atom stereocenters. The summed E-state index contributed by atoms with van der Waals surface area (Å²) in [6, 6.07) is 8.32. The van der Waals surface area contributed by atoms with Gasteiger partial charge in [0, 0.05) is 31.0 Å². The third-order valence-electron chi connectivity index (χ3n) is 6.02. The van der Waals surface area contributed by atoms with E-state index in [1.54, 1.807) is 24.8 Å². The van der Waals surface area contributed by atoms with Crippen LogP contribution >= 0.6 is 0 Å². The molecule has 10 heteroatoms. The molecule has 1 aliphatic rings. The number of benzene rings is 1. The van der Waals surface area contributed by atoms with Crippen LogP contribution in [0.1, 0.15) is 36.3 Å². The van der Waals surface area contributed by atoms with Crippen LogP contribution in [0, 0.1) is 0 Å². The van der Waals surface area contributed by atoms with Gasteiger partial charge in [-0.15, -0.1) is 0 Å². The normalized spacial score (nSPS) is 14.7. The van der Waals surface area contributed by atoms with Crippen LogP contribution in [-0.4, -0.2) is 48.3 Å². The van der Waals surface area contributed by atoms with E-state index in [4.69, 9.17) is 15.4 Å². The van der Waals surface area contributed by atoms with E-state index in [1.807, 2.05) is 0 Å². The maximum atomic E-state index is 8.85. The lowest BCUT2D eigenvalue weighted by molar-refractivity contribution is 0.273. The van der Waals surface area contributed by atoms with E-state index < -0.39 is 0 Å². The van der Waals surface area contributed by atoms with Crippen molar-refractivity contribution in [3.05, 3.63) is 66.1 Å². The van der Waals surface area contributed by atoms with Crippen LogP contribution < -0.4 is 11.1 Å². The Morgan fingerprint density at radius 2 is 1.76 bits per heavy atom. The van der Waals surface area contributed by atoms with Crippen molar-refractivity contribution >= 4 is 5.95 Å². The Bertz CT molecular complexity index is 1200. The molecule has 33 heavy (non-hydrogen) atoms. The number of nitrogens with two attached hydrogens (primary N) is 1. The van der Waals surface area contributed by atoms with Gasteiger partial charge in [0.1, 0.15) is 5.69 Å². The fourth-order valence-corrected chi connectivity index (χ4v) is 4.01. The molecular formula is C23H24N8O2. The molecule has 1 aliphatic carbocycles. The minimum atomic E-state index is -0.264. The molecule has 3 aromatic heterocycles. The van der Waals surface area contributed by atoms with Crippen LogP contribution in [0.5, 0.6) is 0 Å².